The number of halogens is 2. The van der Waals surface area contributed by atoms with Gasteiger partial charge in [-0.25, -0.2) is 9.18 Å². The summed E-state index contributed by atoms with van der Waals surface area (Å²) in [4.78, 5) is 23.5. The number of nitrogens with one attached hydrogen (secondary N) is 1. The summed E-state index contributed by atoms with van der Waals surface area (Å²) in [5.74, 6) is -1.57. The molecule has 3 rings (SSSR count). The molecule has 8 heteroatoms. The van der Waals surface area contributed by atoms with Crippen LogP contribution < -0.4 is 10.1 Å². The van der Waals surface area contributed by atoms with Gasteiger partial charge in [0.2, 0.25) is 0 Å². The van der Waals surface area contributed by atoms with Gasteiger partial charge in [-0.05, 0) is 75.6 Å². The van der Waals surface area contributed by atoms with Crippen molar-refractivity contribution in [2.75, 3.05) is 5.32 Å². The number of hydrogen-bond donors (Lipinski definition) is 2. The molecular formula is C24H16BrFN2O4. The van der Waals surface area contributed by atoms with Crippen molar-refractivity contribution in [1.29, 1.82) is 5.26 Å². The molecule has 3 aromatic rings. The van der Waals surface area contributed by atoms with Gasteiger partial charge in [0.15, 0.2) is 0 Å². The van der Waals surface area contributed by atoms with Crippen molar-refractivity contribution in [2.45, 2.75) is 6.61 Å². The Kier molecular flexibility index (Phi) is 7.37. The van der Waals surface area contributed by atoms with Gasteiger partial charge in [0.1, 0.15) is 29.8 Å². The van der Waals surface area contributed by atoms with E-state index in [1.807, 2.05) is 6.07 Å². The summed E-state index contributed by atoms with van der Waals surface area (Å²) < 4.78 is 19.3. The first-order chi connectivity index (χ1) is 15.4. The number of carboxylic acids is 1. The first kappa shape index (κ1) is 22.7. The highest BCUT2D eigenvalue weighted by Gasteiger charge is 2.12. The third-order valence-electron chi connectivity index (χ3n) is 4.31. The molecule has 0 saturated heterocycles. The van der Waals surface area contributed by atoms with Crippen molar-refractivity contribution in [2.24, 2.45) is 0 Å². The van der Waals surface area contributed by atoms with Crippen molar-refractivity contribution in [3.63, 3.8) is 0 Å². The van der Waals surface area contributed by atoms with Crippen LogP contribution in [0.3, 0.4) is 0 Å². The third kappa shape index (κ3) is 6.03. The Bertz CT molecular complexity index is 1230. The van der Waals surface area contributed by atoms with Gasteiger partial charge in [-0.1, -0.05) is 24.3 Å². The summed E-state index contributed by atoms with van der Waals surface area (Å²) in [6, 6.07) is 18.6. The number of carboxylic acid groups (broad SMARTS) is 1. The van der Waals surface area contributed by atoms with Crippen molar-refractivity contribution >= 4 is 39.6 Å². The van der Waals surface area contributed by atoms with E-state index < -0.39 is 11.9 Å². The summed E-state index contributed by atoms with van der Waals surface area (Å²) in [5, 5.41) is 21.0. The van der Waals surface area contributed by atoms with Gasteiger partial charge >= 0.3 is 5.97 Å². The summed E-state index contributed by atoms with van der Waals surface area (Å²) in [6.07, 6.45) is 1.41. The Labute approximate surface area is 191 Å². The van der Waals surface area contributed by atoms with Gasteiger partial charge < -0.3 is 15.2 Å². The van der Waals surface area contributed by atoms with Crippen LogP contribution in [0.1, 0.15) is 21.5 Å². The van der Waals surface area contributed by atoms with E-state index in [2.05, 4.69) is 21.2 Å². The van der Waals surface area contributed by atoms with Gasteiger partial charge in [0.05, 0.1) is 10.0 Å². The van der Waals surface area contributed by atoms with Crippen LogP contribution in [-0.2, 0) is 11.4 Å². The molecule has 0 unspecified atom stereocenters. The predicted octanol–water partition coefficient (Wildman–Crippen LogP) is 5.41. The number of carbonyl (C=O) groups is 2. The largest absolute Gasteiger partial charge is 0.488 e. The number of carbonyl (C=O) groups excluding carboxylic acids is 1. The number of nitriles is 1. The lowest BCUT2D eigenvalue weighted by Crippen LogP contribution is -2.13. The molecule has 0 spiro atoms. The van der Waals surface area contributed by atoms with Crippen LogP contribution in [0.15, 0.2) is 76.8 Å². The Balaban J connectivity index is 1.71. The van der Waals surface area contributed by atoms with Crippen LogP contribution in [0, 0.1) is 17.1 Å². The van der Waals surface area contributed by atoms with Gasteiger partial charge in [-0.15, -0.1) is 0 Å². The predicted molar refractivity (Wildman–Crippen MR) is 120 cm³/mol. The van der Waals surface area contributed by atoms with Crippen molar-refractivity contribution in [3.8, 4) is 11.8 Å². The van der Waals surface area contributed by atoms with Crippen LogP contribution in [0.25, 0.3) is 6.08 Å². The first-order valence-corrected chi connectivity index (χ1v) is 10.1. The fourth-order valence-corrected chi connectivity index (χ4v) is 3.22. The quantitative estimate of drug-likeness (QED) is 0.337. The Hall–Kier alpha value is -3.96. The lowest BCUT2D eigenvalue weighted by atomic mass is 10.1. The standard InChI is InChI=1S/C24H16BrFN2O4/c25-21-11-16(6-9-22(21)32-14-15-4-7-19(26)8-5-15)10-18(13-27)23(29)28-20-3-1-2-17(12-20)24(30)31/h1-12H,14H2,(H,28,29)(H,30,31)/b18-10-. The van der Waals surface area contributed by atoms with E-state index in [9.17, 15) is 19.2 Å². The minimum absolute atomic E-state index is 0.0189. The van der Waals surface area contributed by atoms with E-state index in [4.69, 9.17) is 9.84 Å². The number of benzene rings is 3. The lowest BCUT2D eigenvalue weighted by molar-refractivity contribution is -0.112. The first-order valence-electron chi connectivity index (χ1n) is 9.29. The smallest absolute Gasteiger partial charge is 0.335 e. The molecule has 0 atom stereocenters. The van der Waals surface area contributed by atoms with Crippen LogP contribution in [0.2, 0.25) is 0 Å². The molecule has 0 aliphatic carbocycles. The molecule has 0 saturated carbocycles. The number of aromatic carboxylic acids is 1. The zero-order valence-electron chi connectivity index (χ0n) is 16.5. The number of amides is 1. The molecule has 3 aromatic carbocycles. The van der Waals surface area contributed by atoms with Crippen molar-refractivity contribution in [1.82, 2.24) is 0 Å². The van der Waals surface area contributed by atoms with E-state index in [0.717, 1.165) is 5.56 Å². The van der Waals surface area contributed by atoms with E-state index >= 15 is 0 Å². The monoisotopic (exact) mass is 494 g/mol. The molecule has 6 nitrogen and oxygen atoms in total. The highest BCUT2D eigenvalue weighted by molar-refractivity contribution is 9.10. The zero-order valence-corrected chi connectivity index (χ0v) is 18.1. The minimum Gasteiger partial charge on any atom is -0.488 e. The van der Waals surface area contributed by atoms with Gasteiger partial charge in [-0.3, -0.25) is 4.79 Å². The van der Waals surface area contributed by atoms with Crippen LogP contribution in [0.4, 0.5) is 10.1 Å². The van der Waals surface area contributed by atoms with Crippen molar-refractivity contribution in [3.05, 3.63) is 99.3 Å². The zero-order chi connectivity index (χ0) is 23.1. The normalized spacial score (nSPS) is 10.8. The van der Waals surface area contributed by atoms with Gasteiger partial charge in [0.25, 0.3) is 5.91 Å². The molecule has 0 bridgehead atoms. The minimum atomic E-state index is -1.12. The Morgan fingerprint density at radius 1 is 1.12 bits per heavy atom. The average molecular weight is 495 g/mol. The molecule has 0 aliphatic rings. The summed E-state index contributed by atoms with van der Waals surface area (Å²) in [7, 11) is 0. The second-order valence-electron chi connectivity index (χ2n) is 6.61. The molecule has 160 valence electrons. The van der Waals surface area contributed by atoms with E-state index in [1.165, 1.54) is 42.5 Å². The van der Waals surface area contributed by atoms with Crippen LogP contribution >= 0.6 is 15.9 Å². The Morgan fingerprint density at radius 2 is 1.88 bits per heavy atom. The molecule has 0 heterocycles. The molecular weight excluding hydrogens is 479 g/mol. The summed E-state index contributed by atoms with van der Waals surface area (Å²) in [6.45, 7) is 0.245. The van der Waals surface area contributed by atoms with Crippen LogP contribution in [-0.4, -0.2) is 17.0 Å². The molecule has 0 aliphatic heterocycles. The highest BCUT2D eigenvalue weighted by atomic mass is 79.9. The van der Waals surface area contributed by atoms with E-state index in [1.54, 1.807) is 30.3 Å². The lowest BCUT2D eigenvalue weighted by Gasteiger charge is -2.09. The number of anilines is 1. The summed E-state index contributed by atoms with van der Waals surface area (Å²) in [5.41, 5.74) is 1.51. The number of ether oxygens (including phenoxy) is 1. The fourth-order valence-electron chi connectivity index (χ4n) is 2.71. The second-order valence-corrected chi connectivity index (χ2v) is 7.47. The summed E-state index contributed by atoms with van der Waals surface area (Å²) >= 11 is 3.40. The molecule has 0 radical (unpaired) electrons. The topological polar surface area (TPSA) is 99.4 Å². The molecule has 2 N–H and O–H groups in total. The second kappa shape index (κ2) is 10.4. The van der Waals surface area contributed by atoms with Gasteiger partial charge in [0, 0.05) is 5.69 Å². The highest BCUT2D eigenvalue weighted by Crippen LogP contribution is 2.28. The molecule has 32 heavy (non-hydrogen) atoms. The molecule has 0 aromatic heterocycles. The maximum absolute atomic E-state index is 13.0. The molecule has 1 amide bonds. The fraction of sp³-hybridized carbons (Fsp3) is 0.0417. The molecule has 0 fully saturated rings. The third-order valence-corrected chi connectivity index (χ3v) is 4.93. The van der Waals surface area contributed by atoms with E-state index in [-0.39, 0.29) is 29.2 Å². The van der Waals surface area contributed by atoms with Crippen LogP contribution in [0.5, 0.6) is 5.75 Å². The average Bonchev–Trinajstić information content (AvgIpc) is 2.78. The van der Waals surface area contributed by atoms with Gasteiger partial charge in [-0.2, -0.15) is 5.26 Å². The maximum atomic E-state index is 13.0. The number of nitrogens with zero attached hydrogens (tertiary/aromatic N) is 1. The van der Waals surface area contributed by atoms with E-state index in [0.29, 0.717) is 15.8 Å². The maximum Gasteiger partial charge on any atom is 0.335 e. The Morgan fingerprint density at radius 3 is 2.53 bits per heavy atom. The number of rotatable bonds is 7. The van der Waals surface area contributed by atoms with Crippen molar-refractivity contribution < 1.29 is 23.8 Å². The SMILES string of the molecule is N#C/C(=C/c1ccc(OCc2ccc(F)cc2)c(Br)c1)C(=O)Nc1cccc(C(=O)O)c1. The number of hydrogen-bond acceptors (Lipinski definition) is 4.